The second kappa shape index (κ2) is 7.43. The summed E-state index contributed by atoms with van der Waals surface area (Å²) in [5, 5.41) is 1.18. The summed E-state index contributed by atoms with van der Waals surface area (Å²) in [6, 6.07) is 12.5. The van der Waals surface area contributed by atoms with E-state index in [1.54, 1.807) is 6.20 Å². The molecule has 0 spiro atoms. The van der Waals surface area contributed by atoms with Crippen molar-refractivity contribution in [3.63, 3.8) is 0 Å². The Morgan fingerprint density at radius 2 is 1.86 bits per heavy atom. The second-order valence-corrected chi connectivity index (χ2v) is 7.91. The molecule has 0 saturated carbocycles. The molecule has 5 rings (SSSR count). The van der Waals surface area contributed by atoms with E-state index in [0.717, 1.165) is 48.3 Å². The molecule has 2 saturated heterocycles. The first-order valence-electron chi connectivity index (χ1n) is 10.4. The van der Waals surface area contributed by atoms with Gasteiger partial charge in [0.1, 0.15) is 11.7 Å². The minimum atomic E-state index is 0.371. The van der Waals surface area contributed by atoms with E-state index in [1.807, 2.05) is 25.4 Å². The van der Waals surface area contributed by atoms with Gasteiger partial charge in [-0.1, -0.05) is 31.5 Å². The van der Waals surface area contributed by atoms with Crippen molar-refractivity contribution in [2.24, 2.45) is 10.9 Å². The Bertz CT molecular complexity index is 1060. The summed E-state index contributed by atoms with van der Waals surface area (Å²) in [5.41, 5.74) is 2.13. The highest BCUT2D eigenvalue weighted by molar-refractivity contribution is 6.05. The number of amidine groups is 1. The number of benzene rings is 1. The first-order chi connectivity index (χ1) is 14.3. The van der Waals surface area contributed by atoms with Crippen LogP contribution in [0, 0.1) is 5.92 Å². The van der Waals surface area contributed by atoms with Crippen LogP contribution in [0.15, 0.2) is 53.8 Å². The Balaban J connectivity index is 1.33. The summed E-state index contributed by atoms with van der Waals surface area (Å²) < 4.78 is 0. The molecule has 0 radical (unpaired) electrons. The fraction of sp³-hybridized carbons (Fsp3) is 0.391. The molecule has 0 unspecified atom stereocenters. The third kappa shape index (κ3) is 3.12. The van der Waals surface area contributed by atoms with Crippen molar-refractivity contribution in [3.05, 3.63) is 54.5 Å². The zero-order chi connectivity index (χ0) is 19.8. The summed E-state index contributed by atoms with van der Waals surface area (Å²) in [4.78, 5) is 23.3. The molecular formula is C23H26N6. The largest absolute Gasteiger partial charge is 0.355 e. The highest BCUT2D eigenvalue weighted by atomic mass is 15.3. The lowest BCUT2D eigenvalue weighted by molar-refractivity contribution is 0.500. The molecule has 0 amide bonds. The number of para-hydroxylation sites is 1. The number of hydrogen-bond acceptors (Lipinski definition) is 5. The molecule has 2 aliphatic heterocycles. The first-order valence-corrected chi connectivity index (χ1v) is 10.4. The van der Waals surface area contributed by atoms with Crippen LogP contribution in [0.4, 0.5) is 11.6 Å². The minimum Gasteiger partial charge on any atom is -0.355 e. The molecule has 2 aromatic heterocycles. The zero-order valence-corrected chi connectivity index (χ0v) is 17.0. The van der Waals surface area contributed by atoms with Gasteiger partial charge in [0.05, 0.1) is 11.2 Å². The van der Waals surface area contributed by atoms with Crippen LogP contribution in [0.1, 0.15) is 31.4 Å². The number of anilines is 2. The number of aromatic nitrogens is 3. The molecule has 29 heavy (non-hydrogen) atoms. The van der Waals surface area contributed by atoms with Crippen LogP contribution in [0.5, 0.6) is 0 Å². The molecule has 6 heteroatoms. The lowest BCUT2D eigenvalue weighted by atomic mass is 9.90. The molecule has 4 heterocycles. The smallest absolute Gasteiger partial charge is 0.156 e. The number of hydrogen-bond donors (Lipinski definition) is 0. The lowest BCUT2D eigenvalue weighted by Crippen LogP contribution is -2.54. The van der Waals surface area contributed by atoms with Crippen LogP contribution >= 0.6 is 0 Å². The van der Waals surface area contributed by atoms with E-state index in [2.05, 4.69) is 51.0 Å². The van der Waals surface area contributed by atoms with Gasteiger partial charge in [-0.15, -0.1) is 0 Å². The maximum Gasteiger partial charge on any atom is 0.156 e. The van der Waals surface area contributed by atoms with Gasteiger partial charge in [-0.25, -0.2) is 9.97 Å². The Hall–Kier alpha value is -3.02. The third-order valence-electron chi connectivity index (χ3n) is 6.05. The van der Waals surface area contributed by atoms with Crippen LogP contribution in [-0.2, 0) is 0 Å². The average molecular weight is 387 g/mol. The van der Waals surface area contributed by atoms with Crippen molar-refractivity contribution < 1.29 is 0 Å². The van der Waals surface area contributed by atoms with Crippen molar-refractivity contribution in [1.82, 2.24) is 15.0 Å². The van der Waals surface area contributed by atoms with Gasteiger partial charge in [0.2, 0.25) is 0 Å². The van der Waals surface area contributed by atoms with Crippen LogP contribution in [-0.4, -0.2) is 47.5 Å². The number of fused-ring (bicyclic) bond motifs is 1. The van der Waals surface area contributed by atoms with Crippen molar-refractivity contribution in [2.45, 2.75) is 25.7 Å². The summed E-state index contributed by atoms with van der Waals surface area (Å²) in [5.74, 6) is 4.10. The van der Waals surface area contributed by atoms with Gasteiger partial charge in [0.15, 0.2) is 5.82 Å². The summed E-state index contributed by atoms with van der Waals surface area (Å²) in [6.07, 6.45) is 5.97. The van der Waals surface area contributed by atoms with Crippen molar-refractivity contribution in [1.29, 1.82) is 0 Å². The molecule has 0 bridgehead atoms. The Kier molecular flexibility index (Phi) is 4.62. The number of pyridine rings is 1. The van der Waals surface area contributed by atoms with Crippen LogP contribution in [0.2, 0.25) is 0 Å². The van der Waals surface area contributed by atoms with Crippen molar-refractivity contribution in [3.8, 4) is 0 Å². The molecule has 1 atom stereocenters. The molecule has 148 valence electrons. The molecule has 0 aliphatic carbocycles. The van der Waals surface area contributed by atoms with Gasteiger partial charge in [-0.2, -0.15) is 0 Å². The van der Waals surface area contributed by atoms with Crippen molar-refractivity contribution >= 4 is 28.4 Å². The van der Waals surface area contributed by atoms with E-state index >= 15 is 0 Å². The van der Waals surface area contributed by atoms with E-state index < -0.39 is 0 Å². The van der Waals surface area contributed by atoms with E-state index in [4.69, 9.17) is 9.97 Å². The second-order valence-electron chi connectivity index (χ2n) is 7.91. The van der Waals surface area contributed by atoms with Gasteiger partial charge < -0.3 is 9.80 Å². The predicted molar refractivity (Wildman–Crippen MR) is 118 cm³/mol. The normalized spacial score (nSPS) is 20.8. The highest BCUT2D eigenvalue weighted by Crippen LogP contribution is 2.37. The standard InChI is InChI=1S/C23H26N6/c1-3-6-17-15-29(22(17)24-2)23-21(25-11-12-26-23)18-13-28(14-18)20-10-9-16-7-4-5-8-19(16)27-20/h4-5,7-12,17-18H,3,6,13-15H2,1-2H3/t17-/m1/s1. The monoisotopic (exact) mass is 386 g/mol. The van der Waals surface area contributed by atoms with E-state index in [-0.39, 0.29) is 0 Å². The number of nitrogens with zero attached hydrogens (tertiary/aromatic N) is 6. The highest BCUT2D eigenvalue weighted by Gasteiger charge is 2.39. The summed E-state index contributed by atoms with van der Waals surface area (Å²) >= 11 is 0. The fourth-order valence-corrected chi connectivity index (χ4v) is 4.48. The van der Waals surface area contributed by atoms with E-state index in [1.165, 1.54) is 18.2 Å². The number of rotatable bonds is 5. The molecule has 1 aromatic carbocycles. The van der Waals surface area contributed by atoms with Gasteiger partial charge >= 0.3 is 0 Å². The predicted octanol–water partition coefficient (Wildman–Crippen LogP) is 3.89. The van der Waals surface area contributed by atoms with Gasteiger partial charge in [0, 0.05) is 56.3 Å². The zero-order valence-electron chi connectivity index (χ0n) is 17.0. The summed E-state index contributed by atoms with van der Waals surface area (Å²) in [6.45, 7) is 5.06. The molecule has 2 aliphatic rings. The van der Waals surface area contributed by atoms with Crippen molar-refractivity contribution in [2.75, 3.05) is 36.5 Å². The molecule has 2 fully saturated rings. The lowest BCUT2D eigenvalue weighted by Gasteiger charge is -2.45. The van der Waals surface area contributed by atoms with Crippen LogP contribution < -0.4 is 9.80 Å². The van der Waals surface area contributed by atoms with Crippen LogP contribution in [0.25, 0.3) is 10.9 Å². The Labute approximate surface area is 171 Å². The fourth-order valence-electron chi connectivity index (χ4n) is 4.48. The van der Waals surface area contributed by atoms with E-state index in [9.17, 15) is 0 Å². The number of aliphatic imine (C=N–C) groups is 1. The van der Waals surface area contributed by atoms with Gasteiger partial charge in [-0.3, -0.25) is 9.98 Å². The molecular weight excluding hydrogens is 360 g/mol. The average Bonchev–Trinajstić information content (AvgIpc) is 2.71. The summed E-state index contributed by atoms with van der Waals surface area (Å²) in [7, 11) is 1.89. The SMILES string of the molecule is CCC[C@@H]1CN(c2nccnc2C2CN(c3ccc4ccccc4n3)C2)C1=NC. The van der Waals surface area contributed by atoms with Crippen LogP contribution in [0.3, 0.4) is 0 Å². The maximum atomic E-state index is 4.83. The van der Waals surface area contributed by atoms with Gasteiger partial charge in [0.25, 0.3) is 0 Å². The van der Waals surface area contributed by atoms with Gasteiger partial charge in [-0.05, 0) is 24.6 Å². The quantitative estimate of drug-likeness (QED) is 0.666. The molecule has 6 nitrogen and oxygen atoms in total. The maximum absolute atomic E-state index is 4.83. The molecule has 0 N–H and O–H groups in total. The first kappa shape index (κ1) is 18.0. The third-order valence-corrected chi connectivity index (χ3v) is 6.05. The minimum absolute atomic E-state index is 0.371. The topological polar surface area (TPSA) is 57.5 Å². The Morgan fingerprint density at radius 3 is 2.69 bits per heavy atom. The Morgan fingerprint density at radius 1 is 1.03 bits per heavy atom. The van der Waals surface area contributed by atoms with E-state index in [0.29, 0.717) is 11.8 Å². The molecule has 3 aromatic rings.